The molecule has 0 aliphatic carbocycles. The summed E-state index contributed by atoms with van der Waals surface area (Å²) in [5.41, 5.74) is -1.43. The Morgan fingerprint density at radius 1 is 1.11 bits per heavy atom. The van der Waals surface area contributed by atoms with E-state index >= 15 is 0 Å². The average molecular weight is 422 g/mol. The summed E-state index contributed by atoms with van der Waals surface area (Å²) in [4.78, 5) is 23.7. The molecule has 0 radical (unpaired) electrons. The van der Waals surface area contributed by atoms with Crippen LogP contribution >= 0.6 is 0 Å². The first kappa shape index (κ1) is 23.0. The van der Waals surface area contributed by atoms with Gasteiger partial charge in [-0.3, -0.25) is 0 Å². The first-order valence-electron chi connectivity index (χ1n) is 7.54. The number of amides is 1. The number of nitrogens with one attached hydrogen (secondary N) is 1. The SMILES string of the molecule is CC(C)(C)OC(=O)c1cccc(S(=O)(=O)N[N+](C)(C)C(=O)[O-])c1S(C)(=O)=O. The maximum atomic E-state index is 12.6. The maximum absolute atomic E-state index is 12.6. The molecule has 0 unspecified atom stereocenters. The highest BCUT2D eigenvalue weighted by molar-refractivity contribution is 7.93. The minimum absolute atomic E-state index is 0.478. The van der Waals surface area contributed by atoms with Gasteiger partial charge in [0.1, 0.15) is 15.4 Å². The Morgan fingerprint density at radius 3 is 2.04 bits per heavy atom. The van der Waals surface area contributed by atoms with Crippen molar-refractivity contribution in [2.45, 2.75) is 36.2 Å². The van der Waals surface area contributed by atoms with Crippen molar-refractivity contribution in [2.75, 3.05) is 20.4 Å². The molecular formula is C15H22N2O8S2. The van der Waals surface area contributed by atoms with E-state index < -0.39 is 57.5 Å². The number of rotatable bonds is 5. The van der Waals surface area contributed by atoms with Gasteiger partial charge in [-0.15, -0.1) is 0 Å². The largest absolute Gasteiger partial charge is 0.497 e. The standard InChI is InChI=1S/C15H22N2O8S2/c1-15(2,3)25-13(18)10-8-7-9-11(12(10)26(6,21)22)27(23,24)16-17(4,5)14(19)20/h7-9,16H,1-6H3. The third-order valence-electron chi connectivity index (χ3n) is 3.06. The van der Waals surface area contributed by atoms with Crippen molar-refractivity contribution >= 4 is 31.9 Å². The van der Waals surface area contributed by atoms with Crippen LogP contribution in [0.1, 0.15) is 31.1 Å². The average Bonchev–Trinajstić information content (AvgIpc) is 2.42. The van der Waals surface area contributed by atoms with Crippen LogP contribution in [-0.4, -0.2) is 59.4 Å². The van der Waals surface area contributed by atoms with Crippen LogP contribution < -0.4 is 9.94 Å². The monoisotopic (exact) mass is 422 g/mol. The lowest BCUT2D eigenvalue weighted by molar-refractivity contribution is -0.867. The van der Waals surface area contributed by atoms with Crippen LogP contribution in [0.25, 0.3) is 0 Å². The highest BCUT2D eigenvalue weighted by atomic mass is 32.2. The Morgan fingerprint density at radius 2 is 1.63 bits per heavy atom. The summed E-state index contributed by atoms with van der Waals surface area (Å²) in [6, 6.07) is 3.21. The molecule has 0 bridgehead atoms. The number of nitrogens with zero attached hydrogens (tertiary/aromatic N) is 1. The molecule has 27 heavy (non-hydrogen) atoms. The number of esters is 1. The zero-order valence-electron chi connectivity index (χ0n) is 15.8. The summed E-state index contributed by atoms with van der Waals surface area (Å²) < 4.78 is 53.6. The van der Waals surface area contributed by atoms with E-state index in [2.05, 4.69) is 0 Å². The van der Waals surface area contributed by atoms with E-state index in [-0.39, 0.29) is 0 Å². The molecule has 0 fully saturated rings. The molecule has 0 heterocycles. The number of carbonyl (C=O) groups excluding carboxylic acids is 2. The maximum Gasteiger partial charge on any atom is 0.340 e. The number of quaternary nitrogens is 1. The molecule has 12 heteroatoms. The van der Waals surface area contributed by atoms with Crippen LogP contribution in [0.3, 0.4) is 0 Å². The zero-order chi connectivity index (χ0) is 21.4. The molecule has 0 aromatic heterocycles. The van der Waals surface area contributed by atoms with Crippen LogP contribution in [-0.2, 0) is 24.6 Å². The van der Waals surface area contributed by atoms with Crippen molar-refractivity contribution in [3.8, 4) is 0 Å². The molecule has 0 saturated carbocycles. The van der Waals surface area contributed by atoms with E-state index in [1.807, 2.05) is 0 Å². The Balaban J connectivity index is 3.70. The molecule has 0 spiro atoms. The van der Waals surface area contributed by atoms with E-state index in [1.54, 1.807) is 25.6 Å². The van der Waals surface area contributed by atoms with Gasteiger partial charge in [-0.2, -0.15) is 4.59 Å². The molecule has 10 nitrogen and oxygen atoms in total. The molecule has 1 amide bonds. The predicted molar refractivity (Wildman–Crippen MR) is 92.5 cm³/mol. The molecule has 0 aliphatic rings. The van der Waals surface area contributed by atoms with Crippen LogP contribution in [0, 0.1) is 0 Å². The van der Waals surface area contributed by atoms with Crippen LogP contribution in [0.5, 0.6) is 0 Å². The van der Waals surface area contributed by atoms with E-state index in [0.29, 0.717) is 0 Å². The van der Waals surface area contributed by atoms with Crippen molar-refractivity contribution in [1.29, 1.82) is 0 Å². The second-order valence-corrected chi connectivity index (χ2v) is 10.8. The minimum atomic E-state index is -4.66. The van der Waals surface area contributed by atoms with Gasteiger partial charge < -0.3 is 14.6 Å². The number of sulfonamides is 1. The molecule has 0 atom stereocenters. The lowest BCUT2D eigenvalue weighted by Gasteiger charge is -2.28. The fraction of sp³-hybridized carbons (Fsp3) is 0.467. The van der Waals surface area contributed by atoms with Gasteiger partial charge in [0.2, 0.25) is 0 Å². The van der Waals surface area contributed by atoms with E-state index in [9.17, 15) is 31.5 Å². The highest BCUT2D eigenvalue weighted by Crippen LogP contribution is 2.27. The first-order valence-corrected chi connectivity index (χ1v) is 10.9. The number of carboxylic acid groups (broad SMARTS) is 1. The van der Waals surface area contributed by atoms with E-state index in [1.165, 1.54) is 0 Å². The first-order chi connectivity index (χ1) is 11.9. The number of ether oxygens (including phenoxy) is 1. The van der Waals surface area contributed by atoms with Crippen LogP contribution in [0.2, 0.25) is 0 Å². The number of hydrogen-bond acceptors (Lipinski definition) is 8. The molecule has 1 N–H and O–H groups in total. The number of hydrogen-bond donors (Lipinski definition) is 1. The number of benzene rings is 1. The topological polar surface area (TPSA) is 147 Å². The third-order valence-corrected chi connectivity index (χ3v) is 5.99. The van der Waals surface area contributed by atoms with Gasteiger partial charge in [0.05, 0.1) is 19.7 Å². The zero-order valence-corrected chi connectivity index (χ0v) is 17.4. The Kier molecular flexibility index (Phi) is 6.13. The van der Waals surface area contributed by atoms with Gasteiger partial charge in [-0.05, 0) is 37.7 Å². The molecule has 1 aromatic rings. The second kappa shape index (κ2) is 7.19. The fourth-order valence-electron chi connectivity index (χ4n) is 1.99. The van der Waals surface area contributed by atoms with Gasteiger partial charge in [-0.1, -0.05) is 6.07 Å². The Hall–Kier alpha value is -2.02. The lowest BCUT2D eigenvalue weighted by atomic mass is 10.1. The van der Waals surface area contributed by atoms with Crippen LogP contribution in [0.4, 0.5) is 4.79 Å². The number of sulfone groups is 1. The van der Waals surface area contributed by atoms with Gasteiger partial charge in [0.25, 0.3) is 16.1 Å². The lowest BCUT2D eigenvalue weighted by Crippen LogP contribution is -2.62. The second-order valence-electron chi connectivity index (χ2n) is 7.22. The predicted octanol–water partition coefficient (Wildman–Crippen LogP) is -0.342. The third kappa shape index (κ3) is 5.73. The summed E-state index contributed by atoms with van der Waals surface area (Å²) in [6.07, 6.45) is -1.05. The van der Waals surface area contributed by atoms with Crippen molar-refractivity contribution in [2.24, 2.45) is 0 Å². The molecule has 1 rings (SSSR count). The van der Waals surface area contributed by atoms with Gasteiger partial charge in [-0.25, -0.2) is 21.6 Å². The summed E-state index contributed by atoms with van der Waals surface area (Å²) in [5, 5.41) is 11.1. The van der Waals surface area contributed by atoms with Crippen molar-refractivity contribution in [3.05, 3.63) is 23.8 Å². The molecule has 1 aromatic carbocycles. The summed E-state index contributed by atoms with van der Waals surface area (Å²) in [6.45, 7) is 4.69. The van der Waals surface area contributed by atoms with Crippen molar-refractivity contribution in [1.82, 2.24) is 4.83 Å². The summed E-state index contributed by atoms with van der Waals surface area (Å²) in [7, 11) is -6.92. The normalized spacial score (nSPS) is 13.3. The Labute approximate surface area is 158 Å². The Bertz CT molecular complexity index is 974. The number of carbonyl (C=O) groups is 2. The summed E-state index contributed by atoms with van der Waals surface area (Å²) >= 11 is 0. The molecule has 152 valence electrons. The smallest absolute Gasteiger partial charge is 0.340 e. The van der Waals surface area contributed by atoms with Crippen molar-refractivity contribution in [3.63, 3.8) is 0 Å². The molecular weight excluding hydrogens is 400 g/mol. The van der Waals surface area contributed by atoms with Gasteiger partial charge in [0, 0.05) is 6.26 Å². The van der Waals surface area contributed by atoms with Gasteiger partial charge in [0.15, 0.2) is 9.84 Å². The molecule has 0 saturated heterocycles. The quantitative estimate of drug-likeness (QED) is 0.385. The van der Waals surface area contributed by atoms with Gasteiger partial charge >= 0.3 is 5.97 Å². The minimum Gasteiger partial charge on any atom is -0.497 e. The molecule has 0 aliphatic heterocycles. The van der Waals surface area contributed by atoms with E-state index in [4.69, 9.17) is 4.74 Å². The van der Waals surface area contributed by atoms with Crippen LogP contribution in [0.15, 0.2) is 28.0 Å². The van der Waals surface area contributed by atoms with Crippen molar-refractivity contribution < 1.29 is 40.9 Å². The fourth-order valence-corrected chi connectivity index (χ4v) is 5.14. The van der Waals surface area contributed by atoms with E-state index in [0.717, 1.165) is 38.6 Å². The highest BCUT2D eigenvalue weighted by Gasteiger charge is 2.35. The summed E-state index contributed by atoms with van der Waals surface area (Å²) in [5.74, 6) is -1.03.